The van der Waals surface area contributed by atoms with E-state index in [0.717, 1.165) is 30.5 Å². The summed E-state index contributed by atoms with van der Waals surface area (Å²) in [4.78, 5) is 2.70. The zero-order valence-corrected chi connectivity index (χ0v) is 15.1. The molecule has 2 rings (SSSR count). The zero-order valence-electron chi connectivity index (χ0n) is 15.1. The van der Waals surface area contributed by atoms with E-state index in [0.29, 0.717) is 5.41 Å². The van der Waals surface area contributed by atoms with Gasteiger partial charge in [-0.3, -0.25) is 0 Å². The lowest BCUT2D eigenvalue weighted by atomic mass is 9.69. The molecule has 2 atom stereocenters. The highest BCUT2D eigenvalue weighted by molar-refractivity contribution is 4.91. The van der Waals surface area contributed by atoms with Crippen LogP contribution in [0.3, 0.4) is 0 Å². The minimum atomic E-state index is 0.540. The maximum absolute atomic E-state index is 3.76. The Morgan fingerprint density at radius 3 is 2.38 bits per heavy atom. The van der Waals surface area contributed by atoms with Crippen molar-refractivity contribution in [1.29, 1.82) is 0 Å². The van der Waals surface area contributed by atoms with Crippen LogP contribution < -0.4 is 5.32 Å². The first-order valence-electron chi connectivity index (χ1n) is 9.35. The van der Waals surface area contributed by atoms with Crippen LogP contribution in [-0.2, 0) is 0 Å². The average Bonchev–Trinajstić information content (AvgIpc) is 2.42. The number of nitrogens with one attached hydrogen (secondary N) is 1. The lowest BCUT2D eigenvalue weighted by Crippen LogP contribution is -2.49. The van der Waals surface area contributed by atoms with Crippen molar-refractivity contribution in [2.24, 2.45) is 17.3 Å². The van der Waals surface area contributed by atoms with Gasteiger partial charge >= 0.3 is 0 Å². The fourth-order valence-electron chi connectivity index (χ4n) is 4.66. The molecule has 21 heavy (non-hydrogen) atoms. The van der Waals surface area contributed by atoms with Crippen molar-refractivity contribution in [3.63, 3.8) is 0 Å². The molecule has 2 nitrogen and oxygen atoms in total. The van der Waals surface area contributed by atoms with E-state index in [1.807, 2.05) is 0 Å². The zero-order chi connectivity index (χ0) is 15.5. The molecule has 1 N–H and O–H groups in total. The summed E-state index contributed by atoms with van der Waals surface area (Å²) in [5.74, 6) is 1.79. The van der Waals surface area contributed by atoms with Crippen LogP contribution in [-0.4, -0.2) is 37.1 Å². The number of hydrogen-bond acceptors (Lipinski definition) is 2. The van der Waals surface area contributed by atoms with Crippen molar-refractivity contribution in [3.8, 4) is 0 Å². The Balaban J connectivity index is 1.90. The Bertz CT molecular complexity index is 305. The van der Waals surface area contributed by atoms with Crippen molar-refractivity contribution in [3.05, 3.63) is 0 Å². The van der Waals surface area contributed by atoms with E-state index in [1.165, 1.54) is 51.5 Å². The Morgan fingerprint density at radius 2 is 1.76 bits per heavy atom. The van der Waals surface area contributed by atoms with Gasteiger partial charge in [-0.15, -0.1) is 0 Å². The normalized spacial score (nSPS) is 36.9. The molecule has 0 aliphatic heterocycles. The van der Waals surface area contributed by atoms with Crippen LogP contribution in [0.5, 0.6) is 0 Å². The molecule has 2 aliphatic carbocycles. The van der Waals surface area contributed by atoms with Crippen molar-refractivity contribution in [1.82, 2.24) is 10.2 Å². The Labute approximate surface area is 133 Å². The largest absolute Gasteiger partial charge is 0.314 e. The van der Waals surface area contributed by atoms with Gasteiger partial charge in [-0.1, -0.05) is 27.7 Å². The maximum Gasteiger partial charge on any atom is 0.0108 e. The fraction of sp³-hybridized carbons (Fsp3) is 1.00. The number of nitrogens with zero attached hydrogens (tertiary/aromatic N) is 1. The van der Waals surface area contributed by atoms with E-state index in [1.54, 1.807) is 0 Å². The predicted octanol–water partition coefficient (Wildman–Crippen LogP) is 4.30. The summed E-state index contributed by atoms with van der Waals surface area (Å²) in [6.45, 7) is 12.0. The first-order chi connectivity index (χ1) is 9.91. The topological polar surface area (TPSA) is 15.3 Å². The molecule has 0 aromatic rings. The molecular formula is C19H38N2. The summed E-state index contributed by atoms with van der Waals surface area (Å²) >= 11 is 0. The minimum absolute atomic E-state index is 0.540. The van der Waals surface area contributed by atoms with Gasteiger partial charge in [0.25, 0.3) is 0 Å². The monoisotopic (exact) mass is 294 g/mol. The second-order valence-electron chi connectivity index (χ2n) is 8.68. The molecule has 0 bridgehead atoms. The quantitative estimate of drug-likeness (QED) is 0.813. The van der Waals surface area contributed by atoms with Crippen molar-refractivity contribution in [2.75, 3.05) is 20.1 Å². The van der Waals surface area contributed by atoms with E-state index >= 15 is 0 Å². The smallest absolute Gasteiger partial charge is 0.0108 e. The SMILES string of the molecule is CCNC1CCC(C)(C)CC1CN(C)C1CCC(C)CC1. The van der Waals surface area contributed by atoms with Crippen molar-refractivity contribution in [2.45, 2.75) is 84.7 Å². The Morgan fingerprint density at radius 1 is 1.10 bits per heavy atom. The van der Waals surface area contributed by atoms with Gasteiger partial charge in [0.2, 0.25) is 0 Å². The van der Waals surface area contributed by atoms with Crippen LogP contribution >= 0.6 is 0 Å². The van der Waals surface area contributed by atoms with Gasteiger partial charge in [-0.05, 0) is 75.8 Å². The Hall–Kier alpha value is -0.0800. The molecule has 0 aromatic heterocycles. The summed E-state index contributed by atoms with van der Waals surface area (Å²) in [5, 5.41) is 3.76. The molecule has 2 heteroatoms. The van der Waals surface area contributed by atoms with Crippen LogP contribution in [0.4, 0.5) is 0 Å². The predicted molar refractivity (Wildman–Crippen MR) is 92.6 cm³/mol. The first kappa shape index (κ1) is 17.3. The van der Waals surface area contributed by atoms with Crippen LogP contribution in [0.1, 0.15) is 72.6 Å². The Kier molecular flexibility index (Phi) is 6.14. The molecule has 124 valence electrons. The molecule has 2 saturated carbocycles. The lowest BCUT2D eigenvalue weighted by molar-refractivity contribution is 0.0810. The molecule has 2 aliphatic rings. The third-order valence-electron chi connectivity index (χ3n) is 6.11. The second-order valence-corrected chi connectivity index (χ2v) is 8.68. The van der Waals surface area contributed by atoms with Gasteiger partial charge in [-0.2, -0.15) is 0 Å². The van der Waals surface area contributed by atoms with Crippen molar-refractivity contribution < 1.29 is 0 Å². The highest BCUT2D eigenvalue weighted by Crippen LogP contribution is 2.39. The maximum atomic E-state index is 3.76. The van der Waals surface area contributed by atoms with Gasteiger partial charge in [0.1, 0.15) is 0 Å². The van der Waals surface area contributed by atoms with Gasteiger partial charge in [0.05, 0.1) is 0 Å². The standard InChI is InChI=1S/C19H38N2/c1-6-20-18-11-12-19(3,4)13-16(18)14-21(5)17-9-7-15(2)8-10-17/h15-18,20H,6-14H2,1-5H3. The summed E-state index contributed by atoms with van der Waals surface area (Å²) in [6, 6.07) is 1.58. The van der Waals surface area contributed by atoms with Gasteiger partial charge in [-0.25, -0.2) is 0 Å². The molecule has 0 aromatic carbocycles. The summed E-state index contributed by atoms with van der Waals surface area (Å²) in [6.07, 6.45) is 9.83. The molecule has 0 heterocycles. The molecule has 2 unspecified atom stereocenters. The van der Waals surface area contributed by atoms with E-state index in [4.69, 9.17) is 0 Å². The van der Waals surface area contributed by atoms with Crippen LogP contribution in [0.2, 0.25) is 0 Å². The molecule has 2 fully saturated rings. The van der Waals surface area contributed by atoms with E-state index in [2.05, 4.69) is 45.0 Å². The number of rotatable bonds is 5. The molecule has 0 amide bonds. The lowest BCUT2D eigenvalue weighted by Gasteiger charge is -2.44. The first-order valence-corrected chi connectivity index (χ1v) is 9.35. The van der Waals surface area contributed by atoms with Crippen molar-refractivity contribution >= 4 is 0 Å². The molecule has 0 saturated heterocycles. The molecular weight excluding hydrogens is 256 g/mol. The van der Waals surface area contributed by atoms with E-state index < -0.39 is 0 Å². The average molecular weight is 295 g/mol. The highest BCUT2D eigenvalue weighted by Gasteiger charge is 2.35. The summed E-state index contributed by atoms with van der Waals surface area (Å²) in [5.41, 5.74) is 0.540. The van der Waals surface area contributed by atoms with E-state index in [9.17, 15) is 0 Å². The summed E-state index contributed by atoms with van der Waals surface area (Å²) in [7, 11) is 2.38. The molecule has 0 spiro atoms. The fourth-order valence-corrected chi connectivity index (χ4v) is 4.66. The molecule has 0 radical (unpaired) electrons. The third kappa shape index (κ3) is 4.96. The third-order valence-corrected chi connectivity index (χ3v) is 6.11. The van der Waals surface area contributed by atoms with E-state index in [-0.39, 0.29) is 0 Å². The van der Waals surface area contributed by atoms with Gasteiger partial charge in [0, 0.05) is 18.6 Å². The second kappa shape index (κ2) is 7.46. The van der Waals surface area contributed by atoms with Crippen LogP contribution in [0.25, 0.3) is 0 Å². The number of hydrogen-bond donors (Lipinski definition) is 1. The van der Waals surface area contributed by atoms with Crippen LogP contribution in [0.15, 0.2) is 0 Å². The minimum Gasteiger partial charge on any atom is -0.314 e. The van der Waals surface area contributed by atoms with Gasteiger partial charge in [0.15, 0.2) is 0 Å². The summed E-state index contributed by atoms with van der Waals surface area (Å²) < 4.78 is 0. The van der Waals surface area contributed by atoms with Crippen LogP contribution in [0, 0.1) is 17.3 Å². The highest BCUT2D eigenvalue weighted by atomic mass is 15.1. The van der Waals surface area contributed by atoms with Gasteiger partial charge < -0.3 is 10.2 Å².